The van der Waals surface area contributed by atoms with Crippen molar-refractivity contribution in [2.45, 2.75) is 17.6 Å². The number of hydrogen-bond donors (Lipinski definition) is 0. The fourth-order valence-electron chi connectivity index (χ4n) is 2.50. The number of para-hydroxylation sites is 1. The highest BCUT2D eigenvalue weighted by atomic mass is 32.2. The number of halogens is 1. The molecule has 2 aromatic heterocycles. The minimum absolute atomic E-state index is 0.276. The number of nitrogens with zero attached hydrogens (tertiary/aromatic N) is 3. The van der Waals surface area contributed by atoms with Crippen LogP contribution in [0.2, 0.25) is 0 Å². The van der Waals surface area contributed by atoms with Gasteiger partial charge in [-0.2, -0.15) is 4.98 Å². The third kappa shape index (κ3) is 3.25. The SMILES string of the molecule is Cc1ccc(-c2noc(CSc3ccnc4ccccc34)n2)cc1F. The van der Waals surface area contributed by atoms with Gasteiger partial charge in [-0.05, 0) is 30.7 Å². The molecule has 2 heterocycles. The van der Waals surface area contributed by atoms with Crippen molar-refractivity contribution in [3.8, 4) is 11.4 Å². The summed E-state index contributed by atoms with van der Waals surface area (Å²) in [5, 5.41) is 5.05. The molecule has 124 valence electrons. The number of aromatic nitrogens is 3. The van der Waals surface area contributed by atoms with Gasteiger partial charge in [0.25, 0.3) is 0 Å². The second-order valence-electron chi connectivity index (χ2n) is 5.59. The van der Waals surface area contributed by atoms with E-state index in [4.69, 9.17) is 4.52 Å². The van der Waals surface area contributed by atoms with Crippen molar-refractivity contribution in [1.29, 1.82) is 0 Å². The average molecular weight is 351 g/mol. The maximum Gasteiger partial charge on any atom is 0.237 e. The van der Waals surface area contributed by atoms with Gasteiger partial charge in [-0.25, -0.2) is 4.39 Å². The van der Waals surface area contributed by atoms with E-state index < -0.39 is 0 Å². The first-order valence-electron chi connectivity index (χ1n) is 7.76. The summed E-state index contributed by atoms with van der Waals surface area (Å²) in [5.74, 6) is 1.16. The van der Waals surface area contributed by atoms with Crippen LogP contribution in [0.5, 0.6) is 0 Å². The average Bonchev–Trinajstić information content (AvgIpc) is 3.11. The van der Waals surface area contributed by atoms with Crippen LogP contribution < -0.4 is 0 Å². The van der Waals surface area contributed by atoms with E-state index in [1.807, 2.05) is 30.3 Å². The van der Waals surface area contributed by atoms with E-state index in [0.29, 0.717) is 28.6 Å². The topological polar surface area (TPSA) is 51.8 Å². The van der Waals surface area contributed by atoms with E-state index in [0.717, 1.165) is 15.8 Å². The fraction of sp³-hybridized carbons (Fsp3) is 0.105. The van der Waals surface area contributed by atoms with E-state index >= 15 is 0 Å². The smallest absolute Gasteiger partial charge is 0.237 e. The van der Waals surface area contributed by atoms with E-state index in [1.165, 1.54) is 6.07 Å². The van der Waals surface area contributed by atoms with Crippen LogP contribution in [0.3, 0.4) is 0 Å². The first-order chi connectivity index (χ1) is 12.2. The molecule has 0 saturated carbocycles. The lowest BCUT2D eigenvalue weighted by atomic mass is 10.1. The van der Waals surface area contributed by atoms with Gasteiger partial charge in [0.2, 0.25) is 11.7 Å². The highest BCUT2D eigenvalue weighted by Gasteiger charge is 2.11. The van der Waals surface area contributed by atoms with Crippen molar-refractivity contribution in [2.75, 3.05) is 0 Å². The zero-order valence-electron chi connectivity index (χ0n) is 13.4. The molecular weight excluding hydrogens is 337 g/mol. The van der Waals surface area contributed by atoms with Crippen LogP contribution in [-0.4, -0.2) is 15.1 Å². The Balaban J connectivity index is 1.54. The van der Waals surface area contributed by atoms with E-state index in [9.17, 15) is 4.39 Å². The van der Waals surface area contributed by atoms with Gasteiger partial charge in [-0.15, -0.1) is 11.8 Å². The molecule has 0 atom stereocenters. The van der Waals surface area contributed by atoms with Crippen LogP contribution >= 0.6 is 11.8 Å². The zero-order chi connectivity index (χ0) is 17.2. The summed E-state index contributed by atoms with van der Waals surface area (Å²) in [5.41, 5.74) is 2.15. The Bertz CT molecular complexity index is 1040. The van der Waals surface area contributed by atoms with Gasteiger partial charge < -0.3 is 4.52 Å². The maximum atomic E-state index is 13.7. The monoisotopic (exact) mass is 351 g/mol. The Labute approximate surface area is 148 Å². The number of fused-ring (bicyclic) bond motifs is 1. The highest BCUT2D eigenvalue weighted by molar-refractivity contribution is 7.98. The molecule has 4 nitrogen and oxygen atoms in total. The fourth-order valence-corrected chi connectivity index (χ4v) is 3.38. The molecule has 4 rings (SSSR count). The molecule has 0 aliphatic carbocycles. The largest absolute Gasteiger partial charge is 0.338 e. The Kier molecular flexibility index (Phi) is 4.19. The zero-order valence-corrected chi connectivity index (χ0v) is 14.3. The number of pyridine rings is 1. The summed E-state index contributed by atoms with van der Waals surface area (Å²) in [4.78, 5) is 9.82. The number of benzene rings is 2. The van der Waals surface area contributed by atoms with Gasteiger partial charge in [-0.1, -0.05) is 35.5 Å². The van der Waals surface area contributed by atoms with Crippen LogP contribution in [0.25, 0.3) is 22.3 Å². The Morgan fingerprint density at radius 3 is 2.88 bits per heavy atom. The number of thioether (sulfide) groups is 1. The standard InChI is InChI=1S/C19H14FN3OS/c1-12-6-7-13(10-15(12)20)19-22-18(24-23-19)11-25-17-8-9-21-16-5-3-2-4-14(16)17/h2-10H,11H2,1H3. The van der Waals surface area contributed by atoms with Gasteiger partial charge in [0.15, 0.2) is 0 Å². The molecule has 0 bridgehead atoms. The Morgan fingerprint density at radius 1 is 1.12 bits per heavy atom. The lowest BCUT2D eigenvalue weighted by Gasteiger charge is -2.03. The Morgan fingerprint density at radius 2 is 2.00 bits per heavy atom. The summed E-state index contributed by atoms with van der Waals surface area (Å²) in [7, 11) is 0. The molecule has 0 saturated heterocycles. The van der Waals surface area contributed by atoms with Crippen LogP contribution in [0.15, 0.2) is 64.1 Å². The number of rotatable bonds is 4. The van der Waals surface area contributed by atoms with Gasteiger partial charge in [-0.3, -0.25) is 4.98 Å². The molecule has 0 N–H and O–H groups in total. The quantitative estimate of drug-likeness (QED) is 0.483. The van der Waals surface area contributed by atoms with Crippen LogP contribution in [0, 0.1) is 12.7 Å². The first-order valence-corrected chi connectivity index (χ1v) is 8.75. The number of aryl methyl sites for hydroxylation is 1. The molecule has 0 aliphatic rings. The minimum atomic E-state index is -0.276. The molecule has 2 aromatic carbocycles. The highest BCUT2D eigenvalue weighted by Crippen LogP contribution is 2.29. The molecule has 0 radical (unpaired) electrons. The maximum absolute atomic E-state index is 13.7. The summed E-state index contributed by atoms with van der Waals surface area (Å²) in [6.45, 7) is 1.72. The molecule has 4 aromatic rings. The molecule has 0 spiro atoms. The molecule has 0 fully saturated rings. The summed E-state index contributed by atoms with van der Waals surface area (Å²) >= 11 is 1.61. The lowest BCUT2D eigenvalue weighted by Crippen LogP contribution is -1.87. The second-order valence-corrected chi connectivity index (χ2v) is 6.61. The van der Waals surface area contributed by atoms with E-state index in [2.05, 4.69) is 15.1 Å². The van der Waals surface area contributed by atoms with Gasteiger partial charge in [0.1, 0.15) is 5.82 Å². The van der Waals surface area contributed by atoms with Crippen molar-refractivity contribution in [3.05, 3.63) is 72.0 Å². The summed E-state index contributed by atoms with van der Waals surface area (Å²) in [6.07, 6.45) is 1.79. The number of hydrogen-bond acceptors (Lipinski definition) is 5. The predicted octanol–water partition coefficient (Wildman–Crippen LogP) is 5.02. The van der Waals surface area contributed by atoms with Crippen molar-refractivity contribution < 1.29 is 8.91 Å². The van der Waals surface area contributed by atoms with Crippen molar-refractivity contribution >= 4 is 22.7 Å². The predicted molar refractivity (Wildman–Crippen MR) is 95.7 cm³/mol. The molecule has 25 heavy (non-hydrogen) atoms. The third-order valence-corrected chi connectivity index (χ3v) is 4.92. The third-order valence-electron chi connectivity index (χ3n) is 3.86. The normalized spacial score (nSPS) is 11.1. The van der Waals surface area contributed by atoms with Crippen LogP contribution in [-0.2, 0) is 5.75 Å². The van der Waals surface area contributed by atoms with E-state index in [1.54, 1.807) is 37.0 Å². The summed E-state index contributed by atoms with van der Waals surface area (Å²) < 4.78 is 19.0. The van der Waals surface area contributed by atoms with Crippen molar-refractivity contribution in [3.63, 3.8) is 0 Å². The Hall–Kier alpha value is -2.73. The molecule has 0 aliphatic heterocycles. The van der Waals surface area contributed by atoms with Crippen molar-refractivity contribution in [1.82, 2.24) is 15.1 Å². The van der Waals surface area contributed by atoms with E-state index in [-0.39, 0.29) is 5.82 Å². The van der Waals surface area contributed by atoms with Gasteiger partial charge in [0, 0.05) is 22.0 Å². The van der Waals surface area contributed by atoms with Crippen LogP contribution in [0.1, 0.15) is 11.5 Å². The lowest BCUT2D eigenvalue weighted by molar-refractivity contribution is 0.391. The minimum Gasteiger partial charge on any atom is -0.338 e. The molecule has 6 heteroatoms. The second kappa shape index (κ2) is 6.64. The van der Waals surface area contributed by atoms with Gasteiger partial charge >= 0.3 is 0 Å². The molecule has 0 amide bonds. The molecular formula is C19H14FN3OS. The first kappa shape index (κ1) is 15.8. The molecule has 0 unspecified atom stereocenters. The van der Waals surface area contributed by atoms with Crippen LogP contribution in [0.4, 0.5) is 4.39 Å². The van der Waals surface area contributed by atoms with Gasteiger partial charge in [0.05, 0.1) is 11.3 Å². The van der Waals surface area contributed by atoms with Crippen molar-refractivity contribution in [2.24, 2.45) is 0 Å². The summed E-state index contributed by atoms with van der Waals surface area (Å²) in [6, 6.07) is 14.9.